The summed E-state index contributed by atoms with van der Waals surface area (Å²) in [6, 6.07) is 7.90. The van der Waals surface area contributed by atoms with Crippen molar-refractivity contribution in [2.24, 2.45) is 5.73 Å². The summed E-state index contributed by atoms with van der Waals surface area (Å²) in [5.74, 6) is -4.93. The van der Waals surface area contributed by atoms with Crippen LogP contribution in [0.25, 0.3) is 0 Å². The van der Waals surface area contributed by atoms with Crippen molar-refractivity contribution in [3.63, 3.8) is 0 Å². The summed E-state index contributed by atoms with van der Waals surface area (Å²) in [5.41, 5.74) is 6.45. The van der Waals surface area contributed by atoms with Gasteiger partial charge in [-0.05, 0) is 18.9 Å². The molecular formula is C15H17NO8. The van der Waals surface area contributed by atoms with Crippen molar-refractivity contribution in [1.29, 1.82) is 0 Å². The molecule has 1 aromatic rings. The average molecular weight is 339 g/mol. The van der Waals surface area contributed by atoms with E-state index in [-0.39, 0.29) is 6.42 Å². The van der Waals surface area contributed by atoms with E-state index < -0.39 is 42.4 Å². The number of esters is 1. The van der Waals surface area contributed by atoms with E-state index in [1.807, 2.05) is 6.07 Å². The second-order valence-electron chi connectivity index (χ2n) is 4.78. The first kappa shape index (κ1) is 19.3. The third-order valence-corrected chi connectivity index (χ3v) is 2.71. The van der Waals surface area contributed by atoms with Crippen LogP contribution in [-0.4, -0.2) is 47.6 Å². The van der Waals surface area contributed by atoms with E-state index in [1.165, 1.54) is 0 Å². The van der Waals surface area contributed by atoms with Gasteiger partial charge in [0.15, 0.2) is 12.7 Å². The quantitative estimate of drug-likeness (QED) is 0.278. The molecule has 9 nitrogen and oxygen atoms in total. The number of Topliss-reactive ketones (excluding diaryl/α,β-unsaturated/α-hetero) is 1. The molecule has 1 rings (SSSR count). The molecule has 0 radical (unpaired) electrons. The monoisotopic (exact) mass is 339 g/mol. The molecule has 2 atom stereocenters. The first-order valence-electron chi connectivity index (χ1n) is 6.91. The highest BCUT2D eigenvalue weighted by Gasteiger charge is 2.24. The topological polar surface area (TPSA) is 142 Å². The Kier molecular flexibility index (Phi) is 7.53. The first-order valence-corrected chi connectivity index (χ1v) is 6.91. The molecule has 0 aliphatic heterocycles. The van der Waals surface area contributed by atoms with E-state index in [0.717, 1.165) is 12.5 Å². The molecule has 2 unspecified atom stereocenters. The lowest BCUT2D eigenvalue weighted by Crippen LogP contribution is -2.36. The number of benzene rings is 1. The zero-order valence-corrected chi connectivity index (χ0v) is 12.8. The van der Waals surface area contributed by atoms with Gasteiger partial charge in [-0.3, -0.25) is 9.59 Å². The molecule has 0 fully saturated rings. The number of ether oxygens (including phenoxy) is 1. The van der Waals surface area contributed by atoms with Crippen LogP contribution >= 0.6 is 0 Å². The van der Waals surface area contributed by atoms with Crippen LogP contribution in [-0.2, 0) is 40.1 Å². The van der Waals surface area contributed by atoms with Gasteiger partial charge in [-0.15, -0.1) is 0 Å². The largest absolute Gasteiger partial charge is 0.456 e. The molecule has 0 bridgehead atoms. The first-order chi connectivity index (χ1) is 11.3. The van der Waals surface area contributed by atoms with Crippen molar-refractivity contribution in [2.45, 2.75) is 25.5 Å². The van der Waals surface area contributed by atoms with Crippen molar-refractivity contribution in [1.82, 2.24) is 0 Å². The fourth-order valence-electron chi connectivity index (χ4n) is 1.45. The number of hydrogen-bond acceptors (Lipinski definition) is 9. The Hall–Kier alpha value is -2.78. The highest BCUT2D eigenvalue weighted by molar-refractivity contribution is 6.34. The fourth-order valence-corrected chi connectivity index (χ4v) is 1.45. The number of aliphatic hydroxyl groups excluding tert-OH is 1. The minimum Gasteiger partial charge on any atom is -0.456 e. The van der Waals surface area contributed by atoms with E-state index in [4.69, 9.17) is 10.8 Å². The normalized spacial score (nSPS) is 12.6. The van der Waals surface area contributed by atoms with Crippen molar-refractivity contribution in [3.8, 4) is 0 Å². The standard InChI is InChI=1S/C15H17NO8/c1-9(17)13(19)23-24-15(21)12(18)8-22-14(20)11(16)7-10-5-3-2-4-6-10/h2-6,9,11,17H,7-8,16H2,1H3. The maximum atomic E-state index is 11.7. The van der Waals surface area contributed by atoms with Gasteiger partial charge >= 0.3 is 17.9 Å². The second-order valence-corrected chi connectivity index (χ2v) is 4.78. The summed E-state index contributed by atoms with van der Waals surface area (Å²) in [5, 5.41) is 8.80. The molecule has 0 aliphatic carbocycles. The lowest BCUT2D eigenvalue weighted by atomic mass is 10.1. The van der Waals surface area contributed by atoms with Gasteiger partial charge in [-0.25, -0.2) is 19.4 Å². The molecule has 0 amide bonds. The zero-order valence-electron chi connectivity index (χ0n) is 12.8. The third-order valence-electron chi connectivity index (χ3n) is 2.71. The van der Waals surface area contributed by atoms with E-state index in [1.54, 1.807) is 24.3 Å². The zero-order chi connectivity index (χ0) is 18.1. The minimum atomic E-state index is -1.55. The smallest absolute Gasteiger partial charge is 0.425 e. The van der Waals surface area contributed by atoms with Crippen LogP contribution in [0, 0.1) is 0 Å². The highest BCUT2D eigenvalue weighted by atomic mass is 17.2. The molecule has 130 valence electrons. The summed E-state index contributed by atoms with van der Waals surface area (Å²) < 4.78 is 4.61. The van der Waals surface area contributed by atoms with Crippen LogP contribution in [0.5, 0.6) is 0 Å². The summed E-state index contributed by atoms with van der Waals surface area (Å²) >= 11 is 0. The summed E-state index contributed by atoms with van der Waals surface area (Å²) in [6.45, 7) is 0.167. The van der Waals surface area contributed by atoms with Crippen LogP contribution in [0.1, 0.15) is 12.5 Å². The number of rotatable bonds is 7. The van der Waals surface area contributed by atoms with Gasteiger partial charge in [0.1, 0.15) is 6.04 Å². The lowest BCUT2D eigenvalue weighted by molar-refractivity contribution is -0.261. The van der Waals surface area contributed by atoms with Gasteiger partial charge in [0.05, 0.1) is 0 Å². The number of nitrogens with two attached hydrogens (primary N) is 1. The van der Waals surface area contributed by atoms with Gasteiger partial charge in [-0.1, -0.05) is 30.3 Å². The van der Waals surface area contributed by atoms with Gasteiger partial charge < -0.3 is 15.6 Å². The van der Waals surface area contributed by atoms with Crippen LogP contribution in [0.2, 0.25) is 0 Å². The maximum Gasteiger partial charge on any atom is 0.425 e. The highest BCUT2D eigenvalue weighted by Crippen LogP contribution is 2.03. The van der Waals surface area contributed by atoms with Crippen molar-refractivity contribution in [2.75, 3.05) is 6.61 Å². The van der Waals surface area contributed by atoms with E-state index in [0.29, 0.717) is 0 Å². The summed E-state index contributed by atoms with van der Waals surface area (Å²) in [7, 11) is 0. The van der Waals surface area contributed by atoms with E-state index in [9.17, 15) is 19.2 Å². The molecule has 0 saturated carbocycles. The molecule has 0 saturated heterocycles. The number of hydrogen-bond donors (Lipinski definition) is 2. The molecule has 0 aliphatic rings. The van der Waals surface area contributed by atoms with Gasteiger partial charge in [-0.2, -0.15) is 0 Å². The molecule has 3 N–H and O–H groups in total. The van der Waals surface area contributed by atoms with Crippen molar-refractivity contribution >= 4 is 23.7 Å². The molecule has 0 heterocycles. The Balaban J connectivity index is 2.36. The van der Waals surface area contributed by atoms with Crippen molar-refractivity contribution < 1.29 is 38.8 Å². The second kappa shape index (κ2) is 9.38. The molecule has 0 aromatic heterocycles. The van der Waals surface area contributed by atoms with Crippen molar-refractivity contribution in [3.05, 3.63) is 35.9 Å². The van der Waals surface area contributed by atoms with Crippen LogP contribution in [0.3, 0.4) is 0 Å². The number of ketones is 1. The molecular weight excluding hydrogens is 322 g/mol. The minimum absolute atomic E-state index is 0.199. The number of aliphatic hydroxyl groups is 1. The fraction of sp³-hybridized carbons (Fsp3) is 0.333. The Morgan fingerprint density at radius 3 is 2.29 bits per heavy atom. The number of carbonyl (C=O) groups excluding carboxylic acids is 4. The molecule has 24 heavy (non-hydrogen) atoms. The van der Waals surface area contributed by atoms with E-state index >= 15 is 0 Å². The van der Waals surface area contributed by atoms with Gasteiger partial charge in [0, 0.05) is 0 Å². The Labute approximate surface area is 137 Å². The van der Waals surface area contributed by atoms with Crippen LogP contribution < -0.4 is 5.73 Å². The summed E-state index contributed by atoms with van der Waals surface area (Å²) in [4.78, 5) is 52.8. The Morgan fingerprint density at radius 1 is 1.08 bits per heavy atom. The van der Waals surface area contributed by atoms with Gasteiger partial charge in [0.2, 0.25) is 0 Å². The van der Waals surface area contributed by atoms with Crippen LogP contribution in [0.15, 0.2) is 30.3 Å². The predicted molar refractivity (Wildman–Crippen MR) is 78.0 cm³/mol. The SMILES string of the molecule is CC(O)C(=O)OOC(=O)C(=O)COC(=O)C(N)Cc1ccccc1. The molecule has 0 spiro atoms. The molecule has 9 heteroatoms. The predicted octanol–water partition coefficient (Wildman–Crippen LogP) is -0.949. The third kappa shape index (κ3) is 6.55. The maximum absolute atomic E-state index is 11.7. The lowest BCUT2D eigenvalue weighted by Gasteiger charge is -2.11. The Bertz CT molecular complexity index is 599. The Morgan fingerprint density at radius 2 is 1.71 bits per heavy atom. The van der Waals surface area contributed by atoms with E-state index in [2.05, 4.69) is 14.5 Å². The summed E-state index contributed by atoms with van der Waals surface area (Å²) in [6.07, 6.45) is -1.33. The molecule has 1 aromatic carbocycles. The number of carbonyl (C=O) groups is 4. The van der Waals surface area contributed by atoms with Gasteiger partial charge in [0.25, 0.3) is 5.78 Å². The van der Waals surface area contributed by atoms with Crippen LogP contribution in [0.4, 0.5) is 0 Å². The average Bonchev–Trinajstić information content (AvgIpc) is 2.57.